The molecule has 1 amide bonds. The Morgan fingerprint density at radius 2 is 2.08 bits per heavy atom. The molecule has 128 valence electrons. The van der Waals surface area contributed by atoms with Crippen molar-refractivity contribution in [2.24, 2.45) is 0 Å². The quantitative estimate of drug-likeness (QED) is 0.832. The summed E-state index contributed by atoms with van der Waals surface area (Å²) < 4.78 is 11.3. The van der Waals surface area contributed by atoms with Gasteiger partial charge in [0.1, 0.15) is 5.75 Å². The fraction of sp³-hybridized carbons (Fsp3) is 0.444. The van der Waals surface area contributed by atoms with E-state index in [2.05, 4.69) is 5.16 Å². The maximum Gasteiger partial charge on any atom is 0.266 e. The molecule has 6 heteroatoms. The number of hydrogen-bond donors (Lipinski definition) is 0. The maximum absolute atomic E-state index is 13.0. The lowest BCUT2D eigenvalue weighted by Gasteiger charge is -2.32. The van der Waals surface area contributed by atoms with Gasteiger partial charge in [-0.3, -0.25) is 4.79 Å². The number of likely N-dealkylation sites (tertiary alicyclic amines) is 1. The number of rotatable bonds is 4. The summed E-state index contributed by atoms with van der Waals surface area (Å²) >= 11 is 5.89. The third-order valence-electron chi connectivity index (χ3n) is 4.19. The van der Waals surface area contributed by atoms with E-state index < -0.39 is 5.60 Å². The highest BCUT2D eigenvalue weighted by molar-refractivity contribution is 6.30. The van der Waals surface area contributed by atoms with E-state index in [9.17, 15) is 4.79 Å². The standard InChI is InChI=1S/C18H21ClN2O3/c1-12-11-16(24-20-12)15-5-4-10-21(15)17(22)18(2,3)23-14-8-6-13(19)7-9-14/h6-9,11,15H,4-5,10H2,1-3H3/t15-/m0/s1. The number of benzene rings is 1. The number of hydrogen-bond acceptors (Lipinski definition) is 4. The highest BCUT2D eigenvalue weighted by atomic mass is 35.5. The lowest BCUT2D eigenvalue weighted by molar-refractivity contribution is -0.146. The first-order valence-electron chi connectivity index (χ1n) is 8.06. The van der Waals surface area contributed by atoms with Crippen LogP contribution in [0.1, 0.15) is 44.2 Å². The monoisotopic (exact) mass is 348 g/mol. The third-order valence-corrected chi connectivity index (χ3v) is 4.44. The van der Waals surface area contributed by atoms with Crippen LogP contribution in [-0.2, 0) is 4.79 Å². The lowest BCUT2D eigenvalue weighted by Crippen LogP contribution is -2.48. The molecule has 1 fully saturated rings. The van der Waals surface area contributed by atoms with Crippen molar-refractivity contribution >= 4 is 17.5 Å². The van der Waals surface area contributed by atoms with Crippen LogP contribution in [0.15, 0.2) is 34.9 Å². The van der Waals surface area contributed by atoms with Crippen molar-refractivity contribution in [2.75, 3.05) is 6.54 Å². The Bertz CT molecular complexity index is 724. The lowest BCUT2D eigenvalue weighted by atomic mass is 10.1. The SMILES string of the molecule is Cc1cc([C@@H]2CCCN2C(=O)C(C)(C)Oc2ccc(Cl)cc2)on1. The van der Waals surface area contributed by atoms with Gasteiger partial charge in [0.25, 0.3) is 5.91 Å². The van der Waals surface area contributed by atoms with Crippen LogP contribution in [0.5, 0.6) is 5.75 Å². The van der Waals surface area contributed by atoms with Gasteiger partial charge in [-0.25, -0.2) is 0 Å². The normalized spacial score (nSPS) is 18.0. The van der Waals surface area contributed by atoms with Gasteiger partial charge in [-0.05, 0) is 57.9 Å². The number of nitrogens with zero attached hydrogens (tertiary/aromatic N) is 2. The number of aryl methyl sites for hydroxylation is 1. The molecule has 3 rings (SSSR count). The van der Waals surface area contributed by atoms with Gasteiger partial charge in [-0.15, -0.1) is 0 Å². The summed E-state index contributed by atoms with van der Waals surface area (Å²) in [5.74, 6) is 1.29. The number of ether oxygens (including phenoxy) is 1. The molecule has 0 bridgehead atoms. The number of amides is 1. The van der Waals surface area contributed by atoms with E-state index in [1.807, 2.05) is 17.9 Å². The van der Waals surface area contributed by atoms with Crippen LogP contribution in [-0.4, -0.2) is 28.1 Å². The summed E-state index contributed by atoms with van der Waals surface area (Å²) in [6, 6.07) is 8.83. The zero-order valence-electron chi connectivity index (χ0n) is 14.1. The van der Waals surface area contributed by atoms with Crippen molar-refractivity contribution in [2.45, 2.75) is 45.3 Å². The number of carbonyl (C=O) groups is 1. The molecule has 1 aromatic heterocycles. The average molecular weight is 349 g/mol. The first kappa shape index (κ1) is 16.8. The second kappa shape index (κ2) is 6.48. The fourth-order valence-electron chi connectivity index (χ4n) is 3.03. The Kier molecular flexibility index (Phi) is 4.54. The Morgan fingerprint density at radius 3 is 2.71 bits per heavy atom. The molecule has 0 aliphatic carbocycles. The molecule has 2 heterocycles. The minimum absolute atomic E-state index is 0.0611. The van der Waals surface area contributed by atoms with Crippen LogP contribution in [0.3, 0.4) is 0 Å². The van der Waals surface area contributed by atoms with E-state index in [0.717, 1.165) is 24.3 Å². The van der Waals surface area contributed by atoms with Crippen molar-refractivity contribution in [3.05, 3.63) is 46.8 Å². The Labute approximate surface area is 146 Å². The summed E-state index contributed by atoms with van der Waals surface area (Å²) in [7, 11) is 0. The van der Waals surface area contributed by atoms with Gasteiger partial charge < -0.3 is 14.2 Å². The van der Waals surface area contributed by atoms with Gasteiger partial charge in [0.2, 0.25) is 0 Å². The van der Waals surface area contributed by atoms with Crippen molar-refractivity contribution in [3.8, 4) is 5.75 Å². The fourth-order valence-corrected chi connectivity index (χ4v) is 3.16. The third kappa shape index (κ3) is 3.41. The zero-order chi connectivity index (χ0) is 17.3. The van der Waals surface area contributed by atoms with Crippen molar-refractivity contribution < 1.29 is 14.1 Å². The van der Waals surface area contributed by atoms with E-state index >= 15 is 0 Å². The summed E-state index contributed by atoms with van der Waals surface area (Å²) in [6.07, 6.45) is 1.81. The summed E-state index contributed by atoms with van der Waals surface area (Å²) in [4.78, 5) is 14.9. The molecule has 5 nitrogen and oxygen atoms in total. The van der Waals surface area contributed by atoms with Crippen LogP contribution >= 0.6 is 11.6 Å². The summed E-state index contributed by atoms with van der Waals surface area (Å²) in [6.45, 7) is 6.13. The van der Waals surface area contributed by atoms with E-state index in [1.54, 1.807) is 38.1 Å². The highest BCUT2D eigenvalue weighted by Crippen LogP contribution is 2.35. The largest absolute Gasteiger partial charge is 0.478 e. The van der Waals surface area contributed by atoms with Crippen molar-refractivity contribution in [3.63, 3.8) is 0 Å². The molecule has 1 aliphatic rings. The minimum Gasteiger partial charge on any atom is -0.478 e. The summed E-state index contributed by atoms with van der Waals surface area (Å²) in [5.41, 5.74) is -0.160. The highest BCUT2D eigenvalue weighted by Gasteiger charge is 2.41. The van der Waals surface area contributed by atoms with Crippen LogP contribution in [0, 0.1) is 6.92 Å². The van der Waals surface area contributed by atoms with E-state index in [1.165, 1.54) is 0 Å². The first-order chi connectivity index (χ1) is 11.4. The molecule has 0 radical (unpaired) electrons. The van der Waals surface area contributed by atoms with Gasteiger partial charge in [0.15, 0.2) is 11.4 Å². The van der Waals surface area contributed by atoms with Gasteiger partial charge >= 0.3 is 0 Å². The van der Waals surface area contributed by atoms with E-state index in [0.29, 0.717) is 17.3 Å². The topological polar surface area (TPSA) is 55.6 Å². The molecule has 2 aromatic rings. The number of halogens is 1. The predicted octanol–water partition coefficient (Wildman–Crippen LogP) is 4.16. The first-order valence-corrected chi connectivity index (χ1v) is 8.43. The van der Waals surface area contributed by atoms with E-state index in [4.69, 9.17) is 20.9 Å². The van der Waals surface area contributed by atoms with Gasteiger partial charge in [0.05, 0.1) is 11.7 Å². The maximum atomic E-state index is 13.0. The molecule has 1 atom stereocenters. The molecule has 0 saturated carbocycles. The smallest absolute Gasteiger partial charge is 0.266 e. The Hall–Kier alpha value is -2.01. The minimum atomic E-state index is -0.981. The molecule has 0 unspecified atom stereocenters. The second-order valence-electron chi connectivity index (χ2n) is 6.59. The average Bonchev–Trinajstić information content (AvgIpc) is 3.17. The van der Waals surface area contributed by atoms with Gasteiger partial charge in [-0.2, -0.15) is 0 Å². The molecular weight excluding hydrogens is 328 g/mol. The molecule has 0 N–H and O–H groups in total. The predicted molar refractivity (Wildman–Crippen MR) is 91.1 cm³/mol. The van der Waals surface area contributed by atoms with Gasteiger partial charge in [-0.1, -0.05) is 16.8 Å². The number of carbonyl (C=O) groups excluding carboxylic acids is 1. The molecule has 1 saturated heterocycles. The Morgan fingerprint density at radius 1 is 1.38 bits per heavy atom. The molecule has 1 aromatic carbocycles. The number of aromatic nitrogens is 1. The van der Waals surface area contributed by atoms with Crippen LogP contribution in [0.2, 0.25) is 5.02 Å². The molecule has 24 heavy (non-hydrogen) atoms. The van der Waals surface area contributed by atoms with Crippen LogP contribution in [0.4, 0.5) is 0 Å². The Balaban J connectivity index is 1.77. The van der Waals surface area contributed by atoms with E-state index in [-0.39, 0.29) is 11.9 Å². The van der Waals surface area contributed by atoms with Crippen LogP contribution in [0.25, 0.3) is 0 Å². The van der Waals surface area contributed by atoms with Crippen LogP contribution < -0.4 is 4.74 Å². The summed E-state index contributed by atoms with van der Waals surface area (Å²) in [5, 5.41) is 4.57. The second-order valence-corrected chi connectivity index (χ2v) is 7.03. The zero-order valence-corrected chi connectivity index (χ0v) is 14.8. The molecule has 1 aliphatic heterocycles. The van der Waals surface area contributed by atoms with Crippen molar-refractivity contribution in [1.82, 2.24) is 10.1 Å². The van der Waals surface area contributed by atoms with Crippen molar-refractivity contribution in [1.29, 1.82) is 0 Å². The molecular formula is C18H21ClN2O3. The molecule has 0 spiro atoms. The van der Waals surface area contributed by atoms with Gasteiger partial charge in [0, 0.05) is 17.6 Å².